The average molecular weight is 287 g/mol. The lowest BCUT2D eigenvalue weighted by atomic mass is 10.0. The smallest absolute Gasteiger partial charge is 0.161 e. The molecule has 1 unspecified atom stereocenters. The van der Waals surface area contributed by atoms with E-state index in [4.69, 9.17) is 4.74 Å². The zero-order valence-electron chi connectivity index (χ0n) is 13.4. The van der Waals surface area contributed by atoms with Gasteiger partial charge in [-0.25, -0.2) is 0 Å². The number of methoxy groups -OCH3 is 1. The van der Waals surface area contributed by atoms with Crippen LogP contribution in [0.1, 0.15) is 36.2 Å². The van der Waals surface area contributed by atoms with E-state index >= 15 is 0 Å². The van der Waals surface area contributed by atoms with Crippen LogP contribution in [0.4, 0.5) is 0 Å². The maximum atomic E-state index is 5.46. The van der Waals surface area contributed by atoms with Gasteiger partial charge in [0.1, 0.15) is 0 Å². The van der Waals surface area contributed by atoms with Crippen LogP contribution in [0.5, 0.6) is 5.75 Å². The fourth-order valence-corrected chi connectivity index (χ4v) is 2.53. The summed E-state index contributed by atoms with van der Waals surface area (Å²) in [5.41, 5.74) is 3.71. The van der Waals surface area contributed by atoms with Gasteiger partial charge >= 0.3 is 0 Å². The number of nitrogens with zero attached hydrogens (tertiary/aromatic N) is 2. The molecule has 0 spiro atoms. The quantitative estimate of drug-likeness (QED) is 0.851. The molecule has 1 aromatic heterocycles. The van der Waals surface area contributed by atoms with Crippen LogP contribution in [0.3, 0.4) is 0 Å². The fourth-order valence-electron chi connectivity index (χ4n) is 2.53. The van der Waals surface area contributed by atoms with E-state index in [1.807, 2.05) is 11.7 Å². The topological polar surface area (TPSA) is 39.1 Å². The summed E-state index contributed by atoms with van der Waals surface area (Å²) in [4.78, 5) is 0. The maximum absolute atomic E-state index is 5.46. The molecular formula is C17H25N3O. The number of hydrogen-bond donors (Lipinski definition) is 1. The summed E-state index contributed by atoms with van der Waals surface area (Å²) in [5.74, 6) is 0.846. The molecule has 4 heteroatoms. The third kappa shape index (κ3) is 3.85. The van der Waals surface area contributed by atoms with Crippen molar-refractivity contribution in [1.29, 1.82) is 0 Å². The number of aromatic nitrogens is 2. The predicted molar refractivity (Wildman–Crippen MR) is 85.7 cm³/mol. The van der Waals surface area contributed by atoms with Crippen molar-refractivity contribution < 1.29 is 4.74 Å². The summed E-state index contributed by atoms with van der Waals surface area (Å²) in [6, 6.07) is 8.91. The van der Waals surface area contributed by atoms with Crippen LogP contribution >= 0.6 is 0 Å². The van der Waals surface area contributed by atoms with Crippen LogP contribution in [-0.4, -0.2) is 23.4 Å². The van der Waals surface area contributed by atoms with Crippen molar-refractivity contribution in [2.75, 3.05) is 13.7 Å². The van der Waals surface area contributed by atoms with Gasteiger partial charge in [-0.3, -0.25) is 4.68 Å². The summed E-state index contributed by atoms with van der Waals surface area (Å²) < 4.78 is 7.36. The Balaban J connectivity index is 2.25. The lowest BCUT2D eigenvalue weighted by molar-refractivity contribution is 0.392. The van der Waals surface area contributed by atoms with Gasteiger partial charge in [-0.1, -0.05) is 36.8 Å². The van der Waals surface area contributed by atoms with Crippen molar-refractivity contribution in [2.45, 2.75) is 32.7 Å². The first kappa shape index (κ1) is 15.6. The molecule has 0 saturated carbocycles. The highest BCUT2D eigenvalue weighted by Gasteiger charge is 2.20. The zero-order chi connectivity index (χ0) is 15.2. The van der Waals surface area contributed by atoms with Crippen molar-refractivity contribution >= 4 is 0 Å². The van der Waals surface area contributed by atoms with Gasteiger partial charge in [0.25, 0.3) is 0 Å². The van der Waals surface area contributed by atoms with Crippen LogP contribution < -0.4 is 10.1 Å². The molecule has 1 N–H and O–H groups in total. The van der Waals surface area contributed by atoms with Crippen molar-refractivity contribution in [3.8, 4) is 5.75 Å². The number of benzene rings is 1. The Hall–Kier alpha value is -1.81. The highest BCUT2D eigenvalue weighted by molar-refractivity contribution is 5.31. The molecule has 114 valence electrons. The van der Waals surface area contributed by atoms with Crippen molar-refractivity contribution in [2.24, 2.45) is 7.05 Å². The van der Waals surface area contributed by atoms with Crippen LogP contribution in [0.15, 0.2) is 30.5 Å². The Morgan fingerprint density at radius 1 is 1.29 bits per heavy atom. The van der Waals surface area contributed by atoms with E-state index in [1.54, 1.807) is 13.3 Å². The number of ether oxygens (including phenoxy) is 1. The van der Waals surface area contributed by atoms with E-state index in [0.717, 1.165) is 30.8 Å². The van der Waals surface area contributed by atoms with Gasteiger partial charge in [-0.05, 0) is 31.9 Å². The first-order chi connectivity index (χ1) is 10.2. The zero-order valence-corrected chi connectivity index (χ0v) is 13.4. The number of hydrogen-bond acceptors (Lipinski definition) is 3. The predicted octanol–water partition coefficient (Wildman–Crippen LogP) is 3.02. The third-order valence-corrected chi connectivity index (χ3v) is 3.70. The van der Waals surface area contributed by atoms with Crippen LogP contribution in [-0.2, 0) is 13.5 Å². The minimum absolute atomic E-state index is 0.204. The van der Waals surface area contributed by atoms with Crippen molar-refractivity contribution in [3.05, 3.63) is 47.3 Å². The van der Waals surface area contributed by atoms with Crippen molar-refractivity contribution in [1.82, 2.24) is 15.1 Å². The highest BCUT2D eigenvalue weighted by Crippen LogP contribution is 2.27. The van der Waals surface area contributed by atoms with E-state index < -0.39 is 0 Å². The molecule has 0 aliphatic carbocycles. The SMILES string of the molecule is CCCNC(Cc1ccc(C)cc1)c1c(OC)cnn1C. The van der Waals surface area contributed by atoms with Crippen LogP contribution in [0, 0.1) is 6.92 Å². The summed E-state index contributed by atoms with van der Waals surface area (Å²) in [6.45, 7) is 5.27. The van der Waals surface area contributed by atoms with Gasteiger partial charge in [-0.15, -0.1) is 0 Å². The molecule has 1 aromatic carbocycles. The number of nitrogens with one attached hydrogen (secondary N) is 1. The monoisotopic (exact) mass is 287 g/mol. The molecular weight excluding hydrogens is 262 g/mol. The van der Waals surface area contributed by atoms with E-state index in [9.17, 15) is 0 Å². The summed E-state index contributed by atoms with van der Waals surface area (Å²) in [6.07, 6.45) is 3.81. The Labute approximate surface area is 127 Å². The van der Waals surface area contributed by atoms with Gasteiger partial charge in [-0.2, -0.15) is 5.10 Å². The molecule has 2 aromatic rings. The Kier molecular flexibility index (Phi) is 5.39. The standard InChI is InChI=1S/C17H25N3O/c1-5-10-18-15(11-14-8-6-13(2)7-9-14)17-16(21-4)12-19-20(17)3/h6-9,12,15,18H,5,10-11H2,1-4H3. The van der Waals surface area contributed by atoms with E-state index in [1.165, 1.54) is 11.1 Å². The largest absolute Gasteiger partial charge is 0.493 e. The van der Waals surface area contributed by atoms with E-state index in [-0.39, 0.29) is 6.04 Å². The first-order valence-corrected chi connectivity index (χ1v) is 7.50. The normalized spacial score (nSPS) is 12.4. The summed E-state index contributed by atoms with van der Waals surface area (Å²) >= 11 is 0. The second-order valence-electron chi connectivity index (χ2n) is 5.42. The Morgan fingerprint density at radius 3 is 2.62 bits per heavy atom. The molecule has 1 heterocycles. The molecule has 0 amide bonds. The van der Waals surface area contributed by atoms with Crippen LogP contribution in [0.25, 0.3) is 0 Å². The minimum atomic E-state index is 0.204. The summed E-state index contributed by atoms with van der Waals surface area (Å²) in [7, 11) is 3.66. The lowest BCUT2D eigenvalue weighted by Gasteiger charge is -2.20. The molecule has 0 bridgehead atoms. The van der Waals surface area contributed by atoms with Gasteiger partial charge in [0.2, 0.25) is 0 Å². The van der Waals surface area contributed by atoms with Crippen molar-refractivity contribution in [3.63, 3.8) is 0 Å². The van der Waals surface area contributed by atoms with E-state index in [2.05, 4.69) is 48.5 Å². The number of rotatable bonds is 7. The Bertz CT molecular complexity index is 560. The number of aryl methyl sites for hydroxylation is 2. The molecule has 4 nitrogen and oxygen atoms in total. The van der Waals surface area contributed by atoms with E-state index in [0.29, 0.717) is 0 Å². The molecule has 0 radical (unpaired) electrons. The highest BCUT2D eigenvalue weighted by atomic mass is 16.5. The molecule has 0 saturated heterocycles. The molecule has 2 rings (SSSR count). The molecule has 21 heavy (non-hydrogen) atoms. The average Bonchev–Trinajstić information content (AvgIpc) is 2.86. The van der Waals surface area contributed by atoms with Crippen LogP contribution in [0.2, 0.25) is 0 Å². The first-order valence-electron chi connectivity index (χ1n) is 7.50. The summed E-state index contributed by atoms with van der Waals surface area (Å²) in [5, 5.41) is 7.93. The van der Waals surface area contributed by atoms with Gasteiger partial charge < -0.3 is 10.1 Å². The van der Waals surface area contributed by atoms with Gasteiger partial charge in [0.05, 0.1) is 25.0 Å². The molecule has 0 fully saturated rings. The Morgan fingerprint density at radius 2 is 2.00 bits per heavy atom. The molecule has 0 aliphatic rings. The lowest BCUT2D eigenvalue weighted by Crippen LogP contribution is -2.26. The minimum Gasteiger partial charge on any atom is -0.493 e. The second-order valence-corrected chi connectivity index (χ2v) is 5.42. The second kappa shape index (κ2) is 7.27. The van der Waals surface area contributed by atoms with Gasteiger partial charge in [0, 0.05) is 7.05 Å². The van der Waals surface area contributed by atoms with Gasteiger partial charge in [0.15, 0.2) is 5.75 Å². The molecule has 0 aliphatic heterocycles. The fraction of sp³-hybridized carbons (Fsp3) is 0.471. The molecule has 1 atom stereocenters. The third-order valence-electron chi connectivity index (χ3n) is 3.70. The maximum Gasteiger partial charge on any atom is 0.161 e.